The lowest BCUT2D eigenvalue weighted by Crippen LogP contribution is -2.34. The summed E-state index contributed by atoms with van der Waals surface area (Å²) in [4.78, 5) is 11.2. The molecule has 0 radical (unpaired) electrons. The number of hydrogen-bond acceptors (Lipinski definition) is 4. The molecule has 8 heteroatoms. The Balaban J connectivity index is 0.00000200. The molecule has 0 bridgehead atoms. The summed E-state index contributed by atoms with van der Waals surface area (Å²) in [5, 5.41) is 3.15. The zero-order chi connectivity index (χ0) is 13.9. The number of nitrogens with zero attached hydrogens (tertiary/aromatic N) is 1. The highest BCUT2D eigenvalue weighted by Crippen LogP contribution is 2.17. The van der Waals surface area contributed by atoms with Crippen molar-refractivity contribution in [1.29, 1.82) is 0 Å². The smallest absolute Gasteiger partial charge is 0.248 e. The van der Waals surface area contributed by atoms with Crippen LogP contribution in [0.15, 0.2) is 29.2 Å². The number of hydrogen-bond donors (Lipinski definition) is 2. The van der Waals surface area contributed by atoms with Crippen LogP contribution in [0.1, 0.15) is 16.8 Å². The maximum absolute atomic E-state index is 12.5. The van der Waals surface area contributed by atoms with Crippen LogP contribution in [-0.2, 0) is 10.0 Å². The molecule has 2 rings (SSSR count). The third-order valence-corrected chi connectivity index (χ3v) is 4.95. The predicted octanol–water partition coefficient (Wildman–Crippen LogP) is 0.191. The molecule has 1 saturated heterocycles. The maximum Gasteiger partial charge on any atom is 0.248 e. The lowest BCUT2D eigenvalue weighted by molar-refractivity contribution is 0.1000. The Kier molecular flexibility index (Phi) is 5.94. The fourth-order valence-electron chi connectivity index (χ4n) is 2.02. The Labute approximate surface area is 124 Å². The summed E-state index contributed by atoms with van der Waals surface area (Å²) in [7, 11) is -3.56. The van der Waals surface area contributed by atoms with E-state index in [1.807, 2.05) is 0 Å². The molecule has 20 heavy (non-hydrogen) atoms. The Morgan fingerprint density at radius 1 is 1.25 bits per heavy atom. The fraction of sp³-hybridized carbons (Fsp3) is 0.417. The number of rotatable bonds is 3. The van der Waals surface area contributed by atoms with Gasteiger partial charge in [0.25, 0.3) is 0 Å². The molecular weight excluding hydrogens is 302 g/mol. The quantitative estimate of drug-likeness (QED) is 0.832. The van der Waals surface area contributed by atoms with Crippen molar-refractivity contribution in [2.24, 2.45) is 5.73 Å². The van der Waals surface area contributed by atoms with E-state index >= 15 is 0 Å². The van der Waals surface area contributed by atoms with Crippen molar-refractivity contribution in [2.45, 2.75) is 11.3 Å². The highest BCUT2D eigenvalue weighted by Gasteiger charge is 2.25. The zero-order valence-electron chi connectivity index (χ0n) is 10.9. The summed E-state index contributed by atoms with van der Waals surface area (Å²) in [6, 6.07) is 5.85. The minimum Gasteiger partial charge on any atom is -0.366 e. The van der Waals surface area contributed by atoms with Gasteiger partial charge in [0.1, 0.15) is 0 Å². The molecular formula is C12H18ClN3O3S. The number of halogens is 1. The summed E-state index contributed by atoms with van der Waals surface area (Å²) in [5.74, 6) is -0.630. The van der Waals surface area contributed by atoms with E-state index in [-0.39, 0.29) is 22.9 Å². The van der Waals surface area contributed by atoms with Crippen LogP contribution >= 0.6 is 12.4 Å². The van der Waals surface area contributed by atoms with Crippen LogP contribution in [0.4, 0.5) is 0 Å². The van der Waals surface area contributed by atoms with Gasteiger partial charge in [-0.25, -0.2) is 8.42 Å². The molecule has 0 aromatic heterocycles. The first-order chi connectivity index (χ1) is 9.01. The highest BCUT2D eigenvalue weighted by molar-refractivity contribution is 7.89. The molecule has 1 fully saturated rings. The van der Waals surface area contributed by atoms with Gasteiger partial charge in [0.05, 0.1) is 4.90 Å². The van der Waals surface area contributed by atoms with Crippen molar-refractivity contribution in [3.05, 3.63) is 29.8 Å². The number of carbonyl (C=O) groups excluding carboxylic acids is 1. The molecule has 0 aliphatic carbocycles. The van der Waals surface area contributed by atoms with Crippen molar-refractivity contribution >= 4 is 28.3 Å². The van der Waals surface area contributed by atoms with Gasteiger partial charge >= 0.3 is 0 Å². The normalized spacial score (nSPS) is 17.0. The lowest BCUT2D eigenvalue weighted by Gasteiger charge is -2.19. The number of amides is 1. The van der Waals surface area contributed by atoms with Gasteiger partial charge in [0.15, 0.2) is 0 Å². The van der Waals surface area contributed by atoms with Crippen molar-refractivity contribution < 1.29 is 13.2 Å². The van der Waals surface area contributed by atoms with Crippen molar-refractivity contribution in [2.75, 3.05) is 26.2 Å². The maximum atomic E-state index is 12.5. The van der Waals surface area contributed by atoms with E-state index in [0.717, 1.165) is 13.0 Å². The van der Waals surface area contributed by atoms with Gasteiger partial charge in [-0.15, -0.1) is 12.4 Å². The molecule has 1 amide bonds. The van der Waals surface area contributed by atoms with Crippen molar-refractivity contribution in [1.82, 2.24) is 9.62 Å². The molecule has 0 spiro atoms. The largest absolute Gasteiger partial charge is 0.366 e. The predicted molar refractivity (Wildman–Crippen MR) is 78.5 cm³/mol. The summed E-state index contributed by atoms with van der Waals surface area (Å²) in [5.41, 5.74) is 5.37. The van der Waals surface area contributed by atoms with E-state index in [2.05, 4.69) is 5.32 Å². The molecule has 112 valence electrons. The van der Waals surface area contributed by atoms with Gasteiger partial charge in [-0.05, 0) is 31.2 Å². The van der Waals surface area contributed by atoms with Crippen LogP contribution in [0.3, 0.4) is 0 Å². The second kappa shape index (κ2) is 7.03. The third kappa shape index (κ3) is 3.69. The van der Waals surface area contributed by atoms with Gasteiger partial charge < -0.3 is 11.1 Å². The van der Waals surface area contributed by atoms with E-state index in [4.69, 9.17) is 5.73 Å². The number of benzene rings is 1. The van der Waals surface area contributed by atoms with Crippen LogP contribution < -0.4 is 11.1 Å². The van der Waals surface area contributed by atoms with Crippen LogP contribution in [0.5, 0.6) is 0 Å². The second-order valence-electron chi connectivity index (χ2n) is 4.40. The number of nitrogens with one attached hydrogen (secondary N) is 1. The van der Waals surface area contributed by atoms with E-state index in [1.165, 1.54) is 28.6 Å². The Bertz CT molecular complexity index is 569. The minimum absolute atomic E-state index is 0. The summed E-state index contributed by atoms with van der Waals surface area (Å²) in [6.45, 7) is 2.36. The topological polar surface area (TPSA) is 92.5 Å². The SMILES string of the molecule is Cl.NC(=O)c1cccc(S(=O)(=O)N2CCCNCC2)c1. The zero-order valence-corrected chi connectivity index (χ0v) is 12.5. The molecule has 1 aromatic rings. The van der Waals surface area contributed by atoms with Gasteiger partial charge in [-0.3, -0.25) is 4.79 Å². The van der Waals surface area contributed by atoms with E-state index in [1.54, 1.807) is 0 Å². The Hall–Kier alpha value is -1.15. The average molecular weight is 320 g/mol. The molecule has 1 heterocycles. The first-order valence-electron chi connectivity index (χ1n) is 6.12. The Morgan fingerprint density at radius 2 is 2.00 bits per heavy atom. The number of carbonyl (C=O) groups is 1. The van der Waals surface area contributed by atoms with Crippen molar-refractivity contribution in [3.8, 4) is 0 Å². The first-order valence-corrected chi connectivity index (χ1v) is 7.56. The third-order valence-electron chi connectivity index (χ3n) is 3.06. The van der Waals surface area contributed by atoms with Gasteiger partial charge in [0, 0.05) is 25.2 Å². The van der Waals surface area contributed by atoms with Gasteiger partial charge in [0.2, 0.25) is 15.9 Å². The fourth-order valence-corrected chi connectivity index (χ4v) is 3.55. The molecule has 1 aliphatic heterocycles. The molecule has 1 aromatic carbocycles. The molecule has 6 nitrogen and oxygen atoms in total. The monoisotopic (exact) mass is 319 g/mol. The van der Waals surface area contributed by atoms with Gasteiger partial charge in [-0.1, -0.05) is 6.07 Å². The summed E-state index contributed by atoms with van der Waals surface area (Å²) in [6.07, 6.45) is 0.773. The van der Waals surface area contributed by atoms with Crippen LogP contribution in [-0.4, -0.2) is 44.8 Å². The summed E-state index contributed by atoms with van der Waals surface area (Å²) < 4.78 is 26.4. The average Bonchev–Trinajstić information content (AvgIpc) is 2.68. The molecule has 0 unspecified atom stereocenters. The van der Waals surface area contributed by atoms with Crippen LogP contribution in [0.25, 0.3) is 0 Å². The molecule has 0 saturated carbocycles. The summed E-state index contributed by atoms with van der Waals surface area (Å²) >= 11 is 0. The molecule has 0 atom stereocenters. The van der Waals surface area contributed by atoms with E-state index < -0.39 is 15.9 Å². The number of sulfonamides is 1. The lowest BCUT2D eigenvalue weighted by atomic mass is 10.2. The Morgan fingerprint density at radius 3 is 2.70 bits per heavy atom. The van der Waals surface area contributed by atoms with Crippen LogP contribution in [0, 0.1) is 0 Å². The second-order valence-corrected chi connectivity index (χ2v) is 6.34. The number of primary amides is 1. The van der Waals surface area contributed by atoms with Gasteiger partial charge in [-0.2, -0.15) is 4.31 Å². The first kappa shape index (κ1) is 16.9. The molecule has 3 N–H and O–H groups in total. The standard InChI is InChI=1S/C12H17N3O3S.ClH/c13-12(16)10-3-1-4-11(9-10)19(17,18)15-7-2-5-14-6-8-15;/h1,3-4,9,14H,2,5-8H2,(H2,13,16);1H. The highest BCUT2D eigenvalue weighted by atomic mass is 35.5. The van der Waals surface area contributed by atoms with Crippen molar-refractivity contribution in [3.63, 3.8) is 0 Å². The minimum atomic E-state index is -3.56. The van der Waals surface area contributed by atoms with Crippen LogP contribution in [0.2, 0.25) is 0 Å². The number of nitrogens with two attached hydrogens (primary N) is 1. The van der Waals surface area contributed by atoms with E-state index in [0.29, 0.717) is 19.6 Å². The van der Waals surface area contributed by atoms with E-state index in [9.17, 15) is 13.2 Å². The molecule has 1 aliphatic rings.